The second-order valence-corrected chi connectivity index (χ2v) is 6.22. The topological polar surface area (TPSA) is 123 Å². The number of primary amides is 1. The lowest BCUT2D eigenvalue weighted by molar-refractivity contribution is 0.0931. The number of ether oxygens (including phenoxy) is 1. The summed E-state index contributed by atoms with van der Waals surface area (Å²) >= 11 is 0. The highest BCUT2D eigenvalue weighted by molar-refractivity contribution is 5.94. The van der Waals surface area contributed by atoms with Crippen molar-refractivity contribution in [3.8, 4) is 5.75 Å². The van der Waals surface area contributed by atoms with Crippen LogP contribution in [-0.2, 0) is 0 Å². The third kappa shape index (κ3) is 4.69. The molecule has 1 aliphatic rings. The molecule has 27 heavy (non-hydrogen) atoms. The lowest BCUT2D eigenvalue weighted by atomic mass is 10.1. The van der Waals surface area contributed by atoms with Crippen molar-refractivity contribution in [2.45, 2.75) is 25.8 Å². The highest BCUT2D eigenvalue weighted by atomic mass is 16.5. The summed E-state index contributed by atoms with van der Waals surface area (Å²) < 4.78 is 5.39. The van der Waals surface area contributed by atoms with Crippen LogP contribution in [0.15, 0.2) is 30.5 Å². The number of amides is 2. The number of rotatable bonds is 6. The van der Waals surface area contributed by atoms with Crippen molar-refractivity contribution in [3.63, 3.8) is 0 Å². The van der Waals surface area contributed by atoms with Crippen molar-refractivity contribution in [1.29, 1.82) is 0 Å². The lowest BCUT2D eigenvalue weighted by Crippen LogP contribution is -2.48. The van der Waals surface area contributed by atoms with Crippen LogP contribution in [0.2, 0.25) is 0 Å². The van der Waals surface area contributed by atoms with Gasteiger partial charge >= 0.3 is 0 Å². The summed E-state index contributed by atoms with van der Waals surface area (Å²) in [5.74, 6) is 0.357. The number of anilines is 1. The van der Waals surface area contributed by atoms with Gasteiger partial charge in [0.1, 0.15) is 5.75 Å². The minimum Gasteiger partial charge on any atom is -0.494 e. The molecule has 0 unspecified atom stereocenters. The third-order valence-electron chi connectivity index (χ3n) is 4.27. The maximum absolute atomic E-state index is 12.5. The average molecular weight is 370 g/mol. The number of hydrogen-bond acceptors (Lipinski definition) is 7. The molecule has 1 saturated heterocycles. The van der Waals surface area contributed by atoms with Gasteiger partial charge in [-0.2, -0.15) is 0 Å². The Balaban J connectivity index is 1.60. The van der Waals surface area contributed by atoms with Crippen molar-refractivity contribution in [1.82, 2.24) is 20.5 Å². The van der Waals surface area contributed by atoms with Crippen molar-refractivity contribution < 1.29 is 14.3 Å². The summed E-state index contributed by atoms with van der Waals surface area (Å²) in [5.41, 5.74) is 5.76. The van der Waals surface area contributed by atoms with Gasteiger partial charge in [0.15, 0.2) is 5.69 Å². The number of aromatic nitrogens is 3. The first-order valence-electron chi connectivity index (χ1n) is 8.85. The number of nitrogens with two attached hydrogens (primary N) is 1. The molecule has 0 aliphatic carbocycles. The number of carbonyl (C=O) groups is 2. The number of nitrogens with zero attached hydrogens (tertiary/aromatic N) is 4. The minimum atomic E-state index is -0.666. The van der Waals surface area contributed by atoms with Gasteiger partial charge in [-0.25, -0.2) is 4.98 Å². The van der Waals surface area contributed by atoms with Gasteiger partial charge in [-0.05, 0) is 44.0 Å². The Kier molecular flexibility index (Phi) is 5.80. The first kappa shape index (κ1) is 18.6. The molecule has 0 saturated carbocycles. The molecule has 1 aromatic heterocycles. The molecule has 1 fully saturated rings. The Morgan fingerprint density at radius 3 is 2.70 bits per heavy atom. The summed E-state index contributed by atoms with van der Waals surface area (Å²) in [4.78, 5) is 29.6. The standard InChI is InChI=1S/C18H22N6O3/c1-2-27-14-7-5-12(6-8-14)17(26)21-13-4-3-9-24(11-13)18-20-10-15(16(19)25)22-23-18/h5-8,10,13H,2-4,9,11H2,1H3,(H2,19,25)(H,21,26)/t13-/m1/s1. The van der Waals surface area contributed by atoms with Gasteiger partial charge in [-0.15, -0.1) is 10.2 Å². The molecular formula is C18H22N6O3. The molecule has 0 bridgehead atoms. The fraction of sp³-hybridized carbons (Fsp3) is 0.389. The monoisotopic (exact) mass is 370 g/mol. The minimum absolute atomic E-state index is 0.0242. The summed E-state index contributed by atoms with van der Waals surface area (Å²) in [7, 11) is 0. The predicted octanol–water partition coefficient (Wildman–Crippen LogP) is 0.768. The fourth-order valence-electron chi connectivity index (χ4n) is 2.94. The number of hydrogen-bond donors (Lipinski definition) is 2. The van der Waals surface area contributed by atoms with Crippen molar-refractivity contribution >= 4 is 17.8 Å². The molecule has 2 aromatic rings. The summed E-state index contributed by atoms with van der Waals surface area (Å²) in [6.07, 6.45) is 3.06. The summed E-state index contributed by atoms with van der Waals surface area (Å²) in [6, 6.07) is 7.03. The van der Waals surface area contributed by atoms with Crippen LogP contribution in [0.5, 0.6) is 5.75 Å². The van der Waals surface area contributed by atoms with Gasteiger partial charge in [-0.3, -0.25) is 9.59 Å². The predicted molar refractivity (Wildman–Crippen MR) is 98.7 cm³/mol. The molecule has 9 nitrogen and oxygen atoms in total. The van der Waals surface area contributed by atoms with Crippen molar-refractivity contribution in [2.75, 3.05) is 24.6 Å². The summed E-state index contributed by atoms with van der Waals surface area (Å²) in [5, 5.41) is 10.8. The van der Waals surface area contributed by atoms with Gasteiger partial charge in [0.2, 0.25) is 5.95 Å². The van der Waals surface area contributed by atoms with Gasteiger partial charge in [0, 0.05) is 24.7 Å². The zero-order chi connectivity index (χ0) is 19.2. The van der Waals surface area contributed by atoms with Gasteiger partial charge in [0.25, 0.3) is 11.8 Å². The van der Waals surface area contributed by atoms with E-state index in [9.17, 15) is 9.59 Å². The van der Waals surface area contributed by atoms with E-state index in [1.165, 1.54) is 6.20 Å². The highest BCUT2D eigenvalue weighted by Gasteiger charge is 2.24. The van der Waals surface area contributed by atoms with Gasteiger partial charge in [-0.1, -0.05) is 0 Å². The number of benzene rings is 1. The van der Waals surface area contributed by atoms with Gasteiger partial charge < -0.3 is 20.7 Å². The fourth-order valence-corrected chi connectivity index (χ4v) is 2.94. The highest BCUT2D eigenvalue weighted by Crippen LogP contribution is 2.17. The van der Waals surface area contributed by atoms with Crippen LogP contribution in [-0.4, -0.2) is 52.7 Å². The molecule has 1 atom stereocenters. The van der Waals surface area contributed by atoms with Crippen LogP contribution < -0.4 is 20.7 Å². The van der Waals surface area contributed by atoms with Crippen molar-refractivity contribution in [2.24, 2.45) is 5.73 Å². The quantitative estimate of drug-likeness (QED) is 0.769. The zero-order valence-corrected chi connectivity index (χ0v) is 15.1. The Hall–Kier alpha value is -3.23. The Bertz CT molecular complexity index is 794. The molecule has 2 heterocycles. The van der Waals surface area contributed by atoms with E-state index in [0.29, 0.717) is 24.7 Å². The molecular weight excluding hydrogens is 348 g/mol. The van der Waals surface area contributed by atoms with E-state index in [-0.39, 0.29) is 17.6 Å². The molecule has 9 heteroatoms. The second-order valence-electron chi connectivity index (χ2n) is 6.22. The molecule has 3 rings (SSSR count). The SMILES string of the molecule is CCOc1ccc(C(=O)N[C@@H]2CCCN(c3ncc(C(N)=O)nn3)C2)cc1. The third-order valence-corrected chi connectivity index (χ3v) is 4.27. The van der Waals surface area contributed by atoms with Crippen LogP contribution in [0.4, 0.5) is 5.95 Å². The van der Waals surface area contributed by atoms with E-state index in [0.717, 1.165) is 25.1 Å². The van der Waals surface area contributed by atoms with Crippen molar-refractivity contribution in [3.05, 3.63) is 41.7 Å². The maximum Gasteiger partial charge on any atom is 0.270 e. The molecule has 3 N–H and O–H groups in total. The normalized spacial score (nSPS) is 16.6. The zero-order valence-electron chi connectivity index (χ0n) is 15.1. The molecule has 142 valence electrons. The van der Waals surface area contributed by atoms with E-state index in [1.54, 1.807) is 24.3 Å². The van der Waals surface area contributed by atoms with E-state index in [2.05, 4.69) is 20.5 Å². The number of nitrogens with one attached hydrogen (secondary N) is 1. The maximum atomic E-state index is 12.5. The van der Waals surface area contributed by atoms with E-state index >= 15 is 0 Å². The van der Waals surface area contributed by atoms with E-state index < -0.39 is 5.91 Å². The van der Waals surface area contributed by atoms with Crippen LogP contribution >= 0.6 is 0 Å². The molecule has 1 aliphatic heterocycles. The van der Waals surface area contributed by atoms with E-state index in [1.807, 2.05) is 11.8 Å². The van der Waals surface area contributed by atoms with Crippen LogP contribution in [0.1, 0.15) is 40.6 Å². The summed E-state index contributed by atoms with van der Waals surface area (Å²) in [6.45, 7) is 3.82. The first-order valence-corrected chi connectivity index (χ1v) is 8.85. The number of carbonyl (C=O) groups excluding carboxylic acids is 2. The first-order chi connectivity index (χ1) is 13.1. The molecule has 0 radical (unpaired) electrons. The number of piperidine rings is 1. The Morgan fingerprint density at radius 1 is 1.30 bits per heavy atom. The van der Waals surface area contributed by atoms with Crippen LogP contribution in [0, 0.1) is 0 Å². The lowest BCUT2D eigenvalue weighted by Gasteiger charge is -2.32. The molecule has 1 aromatic carbocycles. The van der Waals surface area contributed by atoms with E-state index in [4.69, 9.17) is 10.5 Å². The van der Waals surface area contributed by atoms with Crippen LogP contribution in [0.3, 0.4) is 0 Å². The Morgan fingerprint density at radius 2 is 2.07 bits per heavy atom. The van der Waals surface area contributed by atoms with Crippen LogP contribution in [0.25, 0.3) is 0 Å². The Labute approximate surface area is 156 Å². The molecule has 0 spiro atoms. The second kappa shape index (κ2) is 8.43. The smallest absolute Gasteiger partial charge is 0.270 e. The largest absolute Gasteiger partial charge is 0.494 e. The average Bonchev–Trinajstić information content (AvgIpc) is 2.69. The molecule has 2 amide bonds. The van der Waals surface area contributed by atoms with Gasteiger partial charge in [0.05, 0.1) is 12.8 Å².